The molecule has 106 valence electrons. The van der Waals surface area contributed by atoms with Crippen LogP contribution in [0.3, 0.4) is 0 Å². The van der Waals surface area contributed by atoms with E-state index in [9.17, 15) is 0 Å². The number of rotatable bonds is 6. The zero-order valence-electron chi connectivity index (χ0n) is 11.9. The van der Waals surface area contributed by atoms with Crippen molar-refractivity contribution in [1.29, 1.82) is 0 Å². The molecular weight excluding hydrogens is 349 g/mol. The average molecular weight is 382 g/mol. The maximum atomic E-state index is 4.45. The molecule has 0 aromatic rings. The van der Waals surface area contributed by atoms with Gasteiger partial charge in [0.2, 0.25) is 0 Å². The third-order valence-corrected chi connectivity index (χ3v) is 9.00. The van der Waals surface area contributed by atoms with Crippen LogP contribution in [0.1, 0.15) is 41.5 Å². The molecule has 0 aromatic heterocycles. The summed E-state index contributed by atoms with van der Waals surface area (Å²) >= 11 is 2.42. The first kappa shape index (κ1) is 23.0. The Morgan fingerprint density at radius 3 is 0.688 bits per heavy atom. The molecule has 0 amide bonds. The van der Waals surface area contributed by atoms with Gasteiger partial charge in [0.1, 0.15) is 0 Å². The maximum absolute atomic E-state index is 4.45. The Labute approximate surface area is 123 Å². The molecule has 0 radical (unpaired) electrons. The van der Waals surface area contributed by atoms with Gasteiger partial charge in [-0.05, 0) is 57.4 Å². The number of hydrogen-bond acceptors (Lipinski definition) is 0. The van der Waals surface area contributed by atoms with E-state index in [0.29, 0.717) is 0 Å². The minimum atomic E-state index is 0.137. The van der Waals surface area contributed by atoms with Crippen LogP contribution in [0.5, 0.6) is 0 Å². The summed E-state index contributed by atoms with van der Waals surface area (Å²) in [6, 6.07) is 0. The molecule has 0 rings (SSSR count). The van der Waals surface area contributed by atoms with Gasteiger partial charge in [0, 0.05) is 0 Å². The first-order valence-electron chi connectivity index (χ1n) is 6.48. The molecule has 0 aliphatic carbocycles. The summed E-state index contributed by atoms with van der Waals surface area (Å²) in [6.07, 6.45) is 8.74. The zero-order chi connectivity index (χ0) is 13.4. The molecule has 0 atom stereocenters. The van der Waals surface area contributed by atoms with Crippen molar-refractivity contribution in [3.05, 3.63) is 0 Å². The van der Waals surface area contributed by atoms with Crippen molar-refractivity contribution >= 4 is 25.0 Å². The monoisotopic (exact) mass is 380 g/mol. The second-order valence-electron chi connectivity index (χ2n) is 3.62. The molecule has 0 aliphatic rings. The van der Waals surface area contributed by atoms with E-state index >= 15 is 0 Å². The van der Waals surface area contributed by atoms with Crippen LogP contribution in [-0.2, 0) is 20.0 Å². The van der Waals surface area contributed by atoms with Gasteiger partial charge in [-0.2, -0.15) is 0 Å². The van der Waals surface area contributed by atoms with Crippen molar-refractivity contribution in [1.82, 2.24) is 0 Å². The molecule has 0 unspecified atom stereocenters. The quantitative estimate of drug-likeness (QED) is 0.438. The van der Waals surface area contributed by atoms with Crippen molar-refractivity contribution < 1.29 is 20.0 Å². The van der Waals surface area contributed by atoms with Gasteiger partial charge in [-0.3, -0.25) is 0 Å². The van der Waals surface area contributed by atoms with E-state index < -0.39 is 0 Å². The van der Waals surface area contributed by atoms with Crippen LogP contribution in [0.25, 0.3) is 0 Å². The summed E-state index contributed by atoms with van der Waals surface area (Å²) in [4.78, 5) is 0. The van der Waals surface area contributed by atoms with Crippen molar-refractivity contribution in [2.24, 2.45) is 0 Å². The molecule has 0 aromatic carbocycles. The summed E-state index contributed by atoms with van der Waals surface area (Å²) in [5.41, 5.74) is 0. The fourth-order valence-corrected chi connectivity index (χ4v) is 4.50. The molecule has 0 saturated heterocycles. The fourth-order valence-electron chi connectivity index (χ4n) is 1.50. The van der Waals surface area contributed by atoms with Gasteiger partial charge in [-0.25, -0.2) is 0 Å². The van der Waals surface area contributed by atoms with Crippen molar-refractivity contribution in [3.8, 4) is 0 Å². The molecule has 0 heterocycles. The Hall–Kier alpha value is 1.89. The fraction of sp³-hybridized carbons (Fsp3) is 1.00. The molecule has 0 nitrogen and oxygen atoms in total. The van der Waals surface area contributed by atoms with Gasteiger partial charge in [0.05, 0.1) is 37.0 Å². The van der Waals surface area contributed by atoms with Crippen LogP contribution in [-0.4, -0.2) is 37.0 Å². The SMILES string of the molecule is CC[PH+](CC)CC.CC[PH+](CC)CC.[Cl][Ag]. The molecule has 0 spiro atoms. The third kappa shape index (κ3) is 18.3. The van der Waals surface area contributed by atoms with Crippen molar-refractivity contribution in [2.75, 3.05) is 37.0 Å². The Kier molecular flexibility index (Phi) is 31.8. The second-order valence-corrected chi connectivity index (χ2v) is 10.9. The normalized spacial score (nSPS) is 9.44. The number of hydrogen-bond donors (Lipinski definition) is 0. The van der Waals surface area contributed by atoms with Crippen LogP contribution >= 0.6 is 25.0 Å². The van der Waals surface area contributed by atoms with Crippen LogP contribution in [0, 0.1) is 0 Å². The topological polar surface area (TPSA) is 0 Å². The molecule has 0 saturated carbocycles. The van der Waals surface area contributed by atoms with E-state index in [1.807, 2.05) is 0 Å². The van der Waals surface area contributed by atoms with E-state index in [-0.39, 0.29) is 15.8 Å². The van der Waals surface area contributed by atoms with Crippen molar-refractivity contribution in [2.45, 2.75) is 41.5 Å². The standard InChI is InChI=1S/2C6H15P.Ag.ClH/c2*1-4-7(5-2)6-3;;/h2*4-6H2,1-3H3;;1H/q;;+1;/p+1. The van der Waals surface area contributed by atoms with E-state index in [0.717, 1.165) is 0 Å². The summed E-state index contributed by atoms with van der Waals surface area (Å²) < 4.78 is 0. The van der Waals surface area contributed by atoms with Crippen LogP contribution in [0.15, 0.2) is 0 Å². The average Bonchev–Trinajstić information content (AvgIpc) is 2.37. The van der Waals surface area contributed by atoms with E-state index in [2.05, 4.69) is 70.7 Å². The van der Waals surface area contributed by atoms with Gasteiger partial charge in [-0.15, -0.1) is 0 Å². The van der Waals surface area contributed by atoms with E-state index in [1.54, 1.807) is 0 Å². The first-order valence-corrected chi connectivity index (χ1v) is 12.6. The predicted molar refractivity (Wildman–Crippen MR) is 85.7 cm³/mol. The van der Waals surface area contributed by atoms with Crippen LogP contribution in [0.2, 0.25) is 0 Å². The van der Waals surface area contributed by atoms with Gasteiger partial charge < -0.3 is 0 Å². The van der Waals surface area contributed by atoms with E-state index in [1.165, 1.54) is 37.0 Å². The molecular formula is C12H32AgClP2+2. The minimum absolute atomic E-state index is 0.137. The summed E-state index contributed by atoms with van der Waals surface area (Å²) in [5.74, 6) is 0. The predicted octanol–water partition coefficient (Wildman–Crippen LogP) is 5.21. The van der Waals surface area contributed by atoms with Gasteiger partial charge in [-0.1, -0.05) is 0 Å². The Balaban J connectivity index is -0.000000183. The van der Waals surface area contributed by atoms with Gasteiger partial charge in [0.25, 0.3) is 0 Å². The Bertz CT molecular complexity index is 74.0. The molecule has 4 heteroatoms. The van der Waals surface area contributed by atoms with E-state index in [4.69, 9.17) is 0 Å². The molecule has 0 fully saturated rings. The van der Waals surface area contributed by atoms with Gasteiger partial charge >= 0.3 is 29.2 Å². The second kappa shape index (κ2) is 22.1. The molecule has 0 bridgehead atoms. The number of halogens is 1. The molecule has 16 heavy (non-hydrogen) atoms. The summed E-state index contributed by atoms with van der Waals surface area (Å²) in [6.45, 7) is 13.8. The van der Waals surface area contributed by atoms with Gasteiger partial charge in [0.15, 0.2) is 0 Å². The molecule has 0 aliphatic heterocycles. The summed E-state index contributed by atoms with van der Waals surface area (Å²) in [5, 5.41) is 0. The van der Waals surface area contributed by atoms with Crippen LogP contribution < -0.4 is 0 Å². The third-order valence-electron chi connectivity index (χ3n) is 3.00. The van der Waals surface area contributed by atoms with Crippen LogP contribution in [0.4, 0.5) is 0 Å². The first-order chi connectivity index (χ1) is 7.69. The Morgan fingerprint density at radius 2 is 0.688 bits per heavy atom. The molecule has 0 N–H and O–H groups in total. The Morgan fingerprint density at radius 1 is 0.562 bits per heavy atom. The van der Waals surface area contributed by atoms with Crippen molar-refractivity contribution in [3.63, 3.8) is 0 Å². The zero-order valence-corrected chi connectivity index (χ0v) is 16.2. The summed E-state index contributed by atoms with van der Waals surface area (Å²) in [7, 11) is 4.72.